The van der Waals surface area contributed by atoms with E-state index in [4.69, 9.17) is 0 Å². The number of carbonyl (C=O) groups excluding carboxylic acids is 3. The lowest BCUT2D eigenvalue weighted by atomic mass is 10.3. The molecule has 60 valence electrons. The van der Waals surface area contributed by atoms with Gasteiger partial charge in [-0.3, -0.25) is 19.7 Å². The average Bonchev–Trinajstić information content (AvgIpc) is 1.85. The van der Waals surface area contributed by atoms with Crippen molar-refractivity contribution in [2.24, 2.45) is 0 Å². The molecule has 1 aliphatic heterocycles. The molecule has 1 saturated heterocycles. The van der Waals surface area contributed by atoms with E-state index in [1.165, 1.54) is 11.8 Å². The maximum Gasteiger partial charge on any atom is 0.246 e. The van der Waals surface area contributed by atoms with Gasteiger partial charge in [-0.1, -0.05) is 0 Å². The van der Waals surface area contributed by atoms with Crippen LogP contribution in [0, 0.1) is 0 Å². The standard InChI is InChI=1S/C6H8N2O3/c1-4(9)8-2-5(10)7-6(11)3-8/h2-3H2,1H3,(H,7,10,11). The van der Waals surface area contributed by atoms with E-state index in [2.05, 4.69) is 5.32 Å². The Morgan fingerprint density at radius 1 is 1.36 bits per heavy atom. The first-order chi connectivity index (χ1) is 5.09. The lowest BCUT2D eigenvalue weighted by molar-refractivity contribution is -0.144. The van der Waals surface area contributed by atoms with Crippen molar-refractivity contribution in [3.63, 3.8) is 0 Å². The highest BCUT2D eigenvalue weighted by Crippen LogP contribution is 1.93. The Kier molecular flexibility index (Phi) is 1.89. The molecule has 0 aliphatic carbocycles. The van der Waals surface area contributed by atoms with Crippen LogP contribution in [0.3, 0.4) is 0 Å². The summed E-state index contributed by atoms with van der Waals surface area (Å²) in [5.74, 6) is -1.10. The topological polar surface area (TPSA) is 66.5 Å². The van der Waals surface area contributed by atoms with E-state index in [0.717, 1.165) is 0 Å². The van der Waals surface area contributed by atoms with Crippen molar-refractivity contribution in [1.82, 2.24) is 10.2 Å². The first kappa shape index (κ1) is 7.71. The minimum absolute atomic E-state index is 0.0128. The number of imide groups is 1. The summed E-state index contributed by atoms with van der Waals surface area (Å²) in [6, 6.07) is 0. The number of carbonyl (C=O) groups is 3. The van der Waals surface area contributed by atoms with Crippen LogP contribution in [0.25, 0.3) is 0 Å². The normalized spacial score (nSPS) is 18.1. The second-order valence-electron chi connectivity index (χ2n) is 2.35. The molecule has 11 heavy (non-hydrogen) atoms. The van der Waals surface area contributed by atoms with Gasteiger partial charge in [0, 0.05) is 6.92 Å². The Morgan fingerprint density at radius 2 is 1.82 bits per heavy atom. The molecule has 0 aromatic rings. The van der Waals surface area contributed by atoms with Crippen molar-refractivity contribution >= 4 is 17.7 Å². The molecular formula is C6H8N2O3. The fourth-order valence-electron chi connectivity index (χ4n) is 0.860. The quantitative estimate of drug-likeness (QED) is 0.434. The number of hydrogen-bond donors (Lipinski definition) is 1. The predicted octanol–water partition coefficient (Wildman–Crippen LogP) is -1.51. The summed E-state index contributed by atoms with van der Waals surface area (Å²) in [6.45, 7) is 1.30. The van der Waals surface area contributed by atoms with E-state index in [9.17, 15) is 14.4 Å². The number of amides is 3. The van der Waals surface area contributed by atoms with Gasteiger partial charge in [0.2, 0.25) is 17.7 Å². The highest BCUT2D eigenvalue weighted by molar-refractivity contribution is 6.02. The number of rotatable bonds is 0. The van der Waals surface area contributed by atoms with E-state index < -0.39 is 11.8 Å². The molecule has 0 aromatic heterocycles. The van der Waals surface area contributed by atoms with Gasteiger partial charge < -0.3 is 4.90 Å². The van der Waals surface area contributed by atoms with Gasteiger partial charge in [-0.2, -0.15) is 0 Å². The number of hydrogen-bond acceptors (Lipinski definition) is 3. The molecule has 5 heteroatoms. The van der Waals surface area contributed by atoms with Crippen LogP contribution in [0.1, 0.15) is 6.92 Å². The highest BCUT2D eigenvalue weighted by atomic mass is 16.2. The molecule has 0 unspecified atom stereocenters. The first-order valence-corrected chi connectivity index (χ1v) is 3.18. The highest BCUT2D eigenvalue weighted by Gasteiger charge is 2.23. The zero-order chi connectivity index (χ0) is 8.43. The third kappa shape index (κ3) is 1.76. The van der Waals surface area contributed by atoms with Crippen LogP contribution in [-0.4, -0.2) is 35.7 Å². The molecule has 0 spiro atoms. The molecule has 1 aliphatic rings. The smallest absolute Gasteiger partial charge is 0.246 e. The Balaban J connectivity index is 2.63. The summed E-state index contributed by atoms with van der Waals surface area (Å²) >= 11 is 0. The Hall–Kier alpha value is -1.39. The molecule has 1 heterocycles. The molecule has 0 radical (unpaired) electrons. The van der Waals surface area contributed by atoms with E-state index in [1.54, 1.807) is 0 Å². The number of nitrogens with one attached hydrogen (secondary N) is 1. The average molecular weight is 156 g/mol. The molecular weight excluding hydrogens is 148 g/mol. The van der Waals surface area contributed by atoms with E-state index in [-0.39, 0.29) is 19.0 Å². The largest absolute Gasteiger partial charge is 0.324 e. The Bertz CT molecular complexity index is 208. The van der Waals surface area contributed by atoms with Crippen LogP contribution >= 0.6 is 0 Å². The van der Waals surface area contributed by atoms with Crippen molar-refractivity contribution < 1.29 is 14.4 Å². The maximum absolute atomic E-state index is 10.7. The Morgan fingerprint density at radius 3 is 2.18 bits per heavy atom. The van der Waals surface area contributed by atoms with Crippen molar-refractivity contribution in [3.05, 3.63) is 0 Å². The number of piperazine rings is 1. The fourth-order valence-corrected chi connectivity index (χ4v) is 0.860. The van der Waals surface area contributed by atoms with Crippen molar-refractivity contribution in [2.45, 2.75) is 6.92 Å². The summed E-state index contributed by atoms with van der Waals surface area (Å²) in [7, 11) is 0. The van der Waals surface area contributed by atoms with Crippen molar-refractivity contribution in [3.8, 4) is 0 Å². The van der Waals surface area contributed by atoms with Crippen LogP contribution in [0.15, 0.2) is 0 Å². The van der Waals surface area contributed by atoms with Crippen LogP contribution in [0.2, 0.25) is 0 Å². The predicted molar refractivity (Wildman–Crippen MR) is 35.4 cm³/mol. The summed E-state index contributed by atoms with van der Waals surface area (Å²) in [4.78, 5) is 33.2. The lowest BCUT2D eigenvalue weighted by Gasteiger charge is -2.23. The molecule has 1 fully saturated rings. The molecule has 0 atom stereocenters. The summed E-state index contributed by atoms with van der Waals surface area (Å²) in [5.41, 5.74) is 0. The Labute approximate surface area is 63.4 Å². The zero-order valence-corrected chi connectivity index (χ0v) is 6.09. The first-order valence-electron chi connectivity index (χ1n) is 3.18. The molecule has 0 bridgehead atoms. The second kappa shape index (κ2) is 2.69. The molecule has 0 aromatic carbocycles. The third-order valence-corrected chi connectivity index (χ3v) is 1.39. The molecule has 1 N–H and O–H groups in total. The van der Waals surface area contributed by atoms with Gasteiger partial charge in [0.15, 0.2) is 0 Å². The van der Waals surface area contributed by atoms with Crippen LogP contribution in [0.5, 0.6) is 0 Å². The van der Waals surface area contributed by atoms with Gasteiger partial charge in [0.05, 0.1) is 0 Å². The SMILES string of the molecule is CC(=O)N1CC(=O)NC(=O)C1. The maximum atomic E-state index is 10.7. The molecule has 0 saturated carbocycles. The molecule has 1 rings (SSSR count). The van der Waals surface area contributed by atoms with Crippen molar-refractivity contribution in [2.75, 3.05) is 13.1 Å². The summed E-state index contributed by atoms with van der Waals surface area (Å²) in [5, 5.41) is 2.09. The van der Waals surface area contributed by atoms with E-state index in [1.807, 2.05) is 0 Å². The van der Waals surface area contributed by atoms with Gasteiger partial charge in [0.1, 0.15) is 13.1 Å². The lowest BCUT2D eigenvalue weighted by Crippen LogP contribution is -2.52. The zero-order valence-electron chi connectivity index (χ0n) is 6.09. The second-order valence-corrected chi connectivity index (χ2v) is 2.35. The van der Waals surface area contributed by atoms with Gasteiger partial charge in [-0.05, 0) is 0 Å². The van der Waals surface area contributed by atoms with E-state index >= 15 is 0 Å². The molecule has 3 amide bonds. The van der Waals surface area contributed by atoms with Gasteiger partial charge >= 0.3 is 0 Å². The monoisotopic (exact) mass is 156 g/mol. The third-order valence-electron chi connectivity index (χ3n) is 1.39. The molecule has 5 nitrogen and oxygen atoms in total. The van der Waals surface area contributed by atoms with Crippen molar-refractivity contribution in [1.29, 1.82) is 0 Å². The van der Waals surface area contributed by atoms with Gasteiger partial charge in [-0.15, -0.1) is 0 Å². The van der Waals surface area contributed by atoms with Crippen LogP contribution < -0.4 is 5.32 Å². The minimum atomic E-state index is -0.420. The van der Waals surface area contributed by atoms with Crippen LogP contribution in [0.4, 0.5) is 0 Å². The van der Waals surface area contributed by atoms with Gasteiger partial charge in [-0.25, -0.2) is 0 Å². The minimum Gasteiger partial charge on any atom is -0.324 e. The van der Waals surface area contributed by atoms with E-state index in [0.29, 0.717) is 0 Å². The summed E-state index contributed by atoms with van der Waals surface area (Å²) in [6.07, 6.45) is 0. The number of nitrogens with zero attached hydrogens (tertiary/aromatic N) is 1. The van der Waals surface area contributed by atoms with Gasteiger partial charge in [0.25, 0.3) is 0 Å². The summed E-state index contributed by atoms with van der Waals surface area (Å²) < 4.78 is 0. The fraction of sp³-hybridized carbons (Fsp3) is 0.500. The van der Waals surface area contributed by atoms with Crippen LogP contribution in [-0.2, 0) is 14.4 Å².